The molecule has 10 heavy (non-hydrogen) atoms. The van der Waals surface area contributed by atoms with Crippen LogP contribution in [0.15, 0.2) is 10.6 Å². The van der Waals surface area contributed by atoms with Crippen LogP contribution in [0, 0.1) is 0 Å². The van der Waals surface area contributed by atoms with Gasteiger partial charge in [0.2, 0.25) is 0 Å². The van der Waals surface area contributed by atoms with Gasteiger partial charge in [-0.2, -0.15) is 0 Å². The average molecular weight is 207 g/mol. The summed E-state index contributed by atoms with van der Waals surface area (Å²) >= 11 is 10.2. The van der Waals surface area contributed by atoms with Crippen LogP contribution in [0.25, 0.3) is 0 Å². The van der Waals surface area contributed by atoms with E-state index in [9.17, 15) is 4.57 Å². The molecule has 0 unspecified atom stereocenters. The number of phosphoric ester groups is 1. The van der Waals surface area contributed by atoms with Crippen molar-refractivity contribution in [3.63, 3.8) is 0 Å². The molecule has 0 aromatic heterocycles. The minimum atomic E-state index is -4.38. The summed E-state index contributed by atoms with van der Waals surface area (Å²) in [4.78, 5) is 16.2. The van der Waals surface area contributed by atoms with Crippen LogP contribution in [0.2, 0.25) is 0 Å². The Bertz CT molecular complexity index is 169. The molecule has 0 saturated heterocycles. The molecule has 0 bridgehead atoms. The lowest BCUT2D eigenvalue weighted by molar-refractivity contribution is 0.215. The zero-order valence-electron chi connectivity index (χ0n) is 4.70. The first kappa shape index (κ1) is 10.4. The second-order valence-electron chi connectivity index (χ2n) is 1.28. The van der Waals surface area contributed by atoms with Crippen molar-refractivity contribution >= 4 is 31.0 Å². The highest BCUT2D eigenvalue weighted by Crippen LogP contribution is 2.35. The molecule has 60 valence electrons. The van der Waals surface area contributed by atoms with Crippen LogP contribution in [-0.4, -0.2) is 16.4 Å². The molecule has 0 aliphatic carbocycles. The van der Waals surface area contributed by atoms with Crippen molar-refractivity contribution < 1.29 is 18.9 Å². The molecule has 0 atom stereocenters. The van der Waals surface area contributed by atoms with Crippen molar-refractivity contribution in [1.82, 2.24) is 0 Å². The van der Waals surface area contributed by atoms with E-state index in [4.69, 9.17) is 33.0 Å². The first-order chi connectivity index (χ1) is 4.42. The van der Waals surface area contributed by atoms with Crippen LogP contribution in [0.3, 0.4) is 0 Å². The molecule has 0 aromatic rings. The standard InChI is InChI=1S/C3H5Cl2O4P/c4-3(5)1-2-9-10(6,7)8/h1H,2H2,(H2,6,7,8). The Labute approximate surface area is 67.6 Å². The van der Waals surface area contributed by atoms with Gasteiger partial charge in [0.1, 0.15) is 4.49 Å². The number of halogens is 2. The highest BCUT2D eigenvalue weighted by molar-refractivity contribution is 7.46. The van der Waals surface area contributed by atoms with Crippen molar-refractivity contribution in [2.45, 2.75) is 0 Å². The largest absolute Gasteiger partial charge is 0.469 e. The lowest BCUT2D eigenvalue weighted by Gasteiger charge is -1.99. The summed E-state index contributed by atoms with van der Waals surface area (Å²) in [6.45, 7) is -0.299. The fourth-order valence-electron chi connectivity index (χ4n) is 0.197. The van der Waals surface area contributed by atoms with Gasteiger partial charge in [-0.05, 0) is 6.08 Å². The quantitative estimate of drug-likeness (QED) is 0.686. The van der Waals surface area contributed by atoms with E-state index >= 15 is 0 Å². The van der Waals surface area contributed by atoms with Crippen LogP contribution >= 0.6 is 31.0 Å². The molecule has 0 spiro atoms. The van der Waals surface area contributed by atoms with E-state index in [0.29, 0.717) is 0 Å². The highest BCUT2D eigenvalue weighted by Gasteiger charge is 2.11. The van der Waals surface area contributed by atoms with Gasteiger partial charge in [-0.15, -0.1) is 0 Å². The third kappa shape index (κ3) is 8.43. The number of rotatable bonds is 3. The Morgan fingerprint density at radius 2 is 2.10 bits per heavy atom. The molecule has 7 heteroatoms. The third-order valence-corrected chi connectivity index (χ3v) is 1.27. The summed E-state index contributed by atoms with van der Waals surface area (Å²) in [6, 6.07) is 0. The Balaban J connectivity index is 3.58. The molecule has 0 heterocycles. The summed E-state index contributed by atoms with van der Waals surface area (Å²) in [5, 5.41) is 0. The maximum atomic E-state index is 9.97. The summed E-state index contributed by atoms with van der Waals surface area (Å²) in [6.07, 6.45) is 1.13. The monoisotopic (exact) mass is 206 g/mol. The van der Waals surface area contributed by atoms with Gasteiger partial charge >= 0.3 is 7.82 Å². The van der Waals surface area contributed by atoms with Crippen molar-refractivity contribution in [3.8, 4) is 0 Å². The van der Waals surface area contributed by atoms with Gasteiger partial charge in [0.15, 0.2) is 0 Å². The first-order valence-corrected chi connectivity index (χ1v) is 4.41. The summed E-state index contributed by atoms with van der Waals surface area (Å²) in [5.41, 5.74) is 0. The van der Waals surface area contributed by atoms with Crippen LogP contribution in [-0.2, 0) is 9.09 Å². The lowest BCUT2D eigenvalue weighted by Crippen LogP contribution is -1.87. The fraction of sp³-hybridized carbons (Fsp3) is 0.333. The predicted octanol–water partition coefficient (Wildman–Crippen LogP) is 1.41. The van der Waals surface area contributed by atoms with Crippen LogP contribution in [0.5, 0.6) is 0 Å². The van der Waals surface area contributed by atoms with E-state index in [0.717, 1.165) is 6.08 Å². The van der Waals surface area contributed by atoms with Crippen molar-refractivity contribution in [3.05, 3.63) is 10.6 Å². The highest BCUT2D eigenvalue weighted by atomic mass is 35.5. The van der Waals surface area contributed by atoms with Crippen LogP contribution in [0.4, 0.5) is 0 Å². The SMILES string of the molecule is O=P(O)(O)OCC=C(Cl)Cl. The Kier molecular flexibility index (Phi) is 4.52. The minimum absolute atomic E-state index is 0.0894. The summed E-state index contributed by atoms with van der Waals surface area (Å²) in [7, 11) is -4.38. The topological polar surface area (TPSA) is 66.8 Å². The van der Waals surface area contributed by atoms with Gasteiger partial charge in [-0.1, -0.05) is 23.2 Å². The fourth-order valence-corrected chi connectivity index (χ4v) is 0.592. The molecular weight excluding hydrogens is 202 g/mol. The molecule has 0 saturated carbocycles. The van der Waals surface area contributed by atoms with E-state index in [-0.39, 0.29) is 11.1 Å². The molecule has 0 aromatic carbocycles. The zero-order valence-corrected chi connectivity index (χ0v) is 7.10. The van der Waals surface area contributed by atoms with Crippen molar-refractivity contribution in [2.24, 2.45) is 0 Å². The van der Waals surface area contributed by atoms with Crippen molar-refractivity contribution in [1.29, 1.82) is 0 Å². The van der Waals surface area contributed by atoms with Gasteiger partial charge in [0.25, 0.3) is 0 Å². The second kappa shape index (κ2) is 4.34. The van der Waals surface area contributed by atoms with Crippen LogP contribution in [0.1, 0.15) is 0 Å². The summed E-state index contributed by atoms with van der Waals surface area (Å²) < 4.78 is 13.8. The molecule has 0 radical (unpaired) electrons. The number of phosphoric acid groups is 1. The predicted molar refractivity (Wildman–Crippen MR) is 37.8 cm³/mol. The number of hydrogen-bond acceptors (Lipinski definition) is 2. The molecule has 0 aliphatic heterocycles. The lowest BCUT2D eigenvalue weighted by atomic mass is 10.7. The Morgan fingerprint density at radius 3 is 2.40 bits per heavy atom. The van der Waals surface area contributed by atoms with E-state index < -0.39 is 7.82 Å². The molecule has 2 N–H and O–H groups in total. The van der Waals surface area contributed by atoms with Crippen LogP contribution < -0.4 is 0 Å². The molecule has 4 nitrogen and oxygen atoms in total. The second-order valence-corrected chi connectivity index (χ2v) is 3.53. The normalized spacial score (nSPS) is 11.2. The number of hydrogen-bond donors (Lipinski definition) is 2. The molecule has 0 fully saturated rings. The smallest absolute Gasteiger partial charge is 0.303 e. The maximum Gasteiger partial charge on any atom is 0.469 e. The minimum Gasteiger partial charge on any atom is -0.303 e. The first-order valence-electron chi connectivity index (χ1n) is 2.13. The molecule has 0 rings (SSSR count). The van der Waals surface area contributed by atoms with E-state index in [1.807, 2.05) is 0 Å². The molecule has 0 amide bonds. The third-order valence-electron chi connectivity index (χ3n) is 0.480. The zero-order chi connectivity index (χ0) is 8.20. The average Bonchev–Trinajstić information content (AvgIpc) is 1.59. The van der Waals surface area contributed by atoms with Gasteiger partial charge < -0.3 is 9.79 Å². The Morgan fingerprint density at radius 1 is 1.60 bits per heavy atom. The van der Waals surface area contributed by atoms with Gasteiger partial charge in [-0.25, -0.2) is 4.57 Å². The van der Waals surface area contributed by atoms with Gasteiger partial charge in [0, 0.05) is 0 Å². The van der Waals surface area contributed by atoms with Crippen molar-refractivity contribution in [2.75, 3.05) is 6.61 Å². The summed E-state index contributed by atoms with van der Waals surface area (Å²) in [5.74, 6) is 0. The van der Waals surface area contributed by atoms with Gasteiger partial charge in [-0.3, -0.25) is 4.52 Å². The Hall–Kier alpha value is 0.430. The van der Waals surface area contributed by atoms with E-state index in [2.05, 4.69) is 4.52 Å². The van der Waals surface area contributed by atoms with E-state index in [1.54, 1.807) is 0 Å². The molecular formula is C3H5Cl2O4P. The maximum absolute atomic E-state index is 9.97. The molecule has 0 aliphatic rings. The van der Waals surface area contributed by atoms with Gasteiger partial charge in [0.05, 0.1) is 6.61 Å². The van der Waals surface area contributed by atoms with E-state index in [1.165, 1.54) is 0 Å².